The van der Waals surface area contributed by atoms with Gasteiger partial charge in [0.2, 0.25) is 6.04 Å². The predicted molar refractivity (Wildman–Crippen MR) is 62.0 cm³/mol. The van der Waals surface area contributed by atoms with Gasteiger partial charge in [-0.25, -0.2) is 11.4 Å². The normalized spacial score (nSPS) is 24.9. The third-order valence-electron chi connectivity index (χ3n) is 2.63. The largest absolute Gasteiger partial charge is 0.444 e. The summed E-state index contributed by atoms with van der Waals surface area (Å²) in [6, 6.07) is 0.158. The van der Waals surface area contributed by atoms with Crippen LogP contribution in [-0.4, -0.2) is 24.3 Å². The van der Waals surface area contributed by atoms with Gasteiger partial charge in [-0.1, -0.05) is 0 Å². The summed E-state index contributed by atoms with van der Waals surface area (Å²) in [6.07, 6.45) is 2.53. The average Bonchev–Trinajstić information content (AvgIpc) is 2.59. The fourth-order valence-electron chi connectivity index (χ4n) is 1.89. The maximum absolute atomic E-state index is 11.4. The molecule has 90 valence electrons. The van der Waals surface area contributed by atoms with Crippen LogP contribution in [0.15, 0.2) is 0 Å². The SMILES string of the molecule is [C-]#[N+]C1CCC(CNC(=O)OC(C)(C)C)C1. The quantitative estimate of drug-likeness (QED) is 0.733. The number of nitrogens with one attached hydrogen (secondary N) is 1. The lowest BCUT2D eigenvalue weighted by Crippen LogP contribution is -2.34. The predicted octanol–water partition coefficient (Wildman–Crippen LogP) is 2.60. The minimum absolute atomic E-state index is 0.158. The summed E-state index contributed by atoms with van der Waals surface area (Å²) in [7, 11) is 0. The molecule has 0 saturated heterocycles. The van der Waals surface area contributed by atoms with Crippen molar-refractivity contribution in [3.05, 3.63) is 11.4 Å². The number of carbonyl (C=O) groups excluding carboxylic acids is 1. The maximum atomic E-state index is 11.4. The second-order valence-electron chi connectivity index (χ2n) is 5.34. The van der Waals surface area contributed by atoms with Gasteiger partial charge in [0.25, 0.3) is 0 Å². The van der Waals surface area contributed by atoms with Crippen LogP contribution in [-0.2, 0) is 4.74 Å². The van der Waals surface area contributed by atoms with Gasteiger partial charge >= 0.3 is 6.09 Å². The highest BCUT2D eigenvalue weighted by Crippen LogP contribution is 2.27. The first-order valence-electron chi connectivity index (χ1n) is 5.74. The topological polar surface area (TPSA) is 42.7 Å². The van der Waals surface area contributed by atoms with Crippen molar-refractivity contribution in [2.24, 2.45) is 5.92 Å². The number of hydrogen-bond donors (Lipinski definition) is 1. The van der Waals surface area contributed by atoms with E-state index < -0.39 is 5.60 Å². The lowest BCUT2D eigenvalue weighted by molar-refractivity contribution is 0.0519. The summed E-state index contributed by atoms with van der Waals surface area (Å²) in [5.74, 6) is 0.437. The van der Waals surface area contributed by atoms with Gasteiger partial charge in [0.15, 0.2) is 0 Å². The molecule has 0 aromatic carbocycles. The number of ether oxygens (including phenoxy) is 1. The van der Waals surface area contributed by atoms with Crippen molar-refractivity contribution in [3.63, 3.8) is 0 Å². The van der Waals surface area contributed by atoms with Gasteiger partial charge in [-0.05, 0) is 33.1 Å². The monoisotopic (exact) mass is 224 g/mol. The molecule has 0 radical (unpaired) electrons. The van der Waals surface area contributed by atoms with Gasteiger partial charge < -0.3 is 14.9 Å². The molecule has 0 aromatic heterocycles. The van der Waals surface area contributed by atoms with Crippen molar-refractivity contribution in [3.8, 4) is 0 Å². The molecule has 1 aliphatic rings. The fraction of sp³-hybridized carbons (Fsp3) is 0.833. The molecular formula is C12H20N2O2. The lowest BCUT2D eigenvalue weighted by atomic mass is 10.1. The van der Waals surface area contributed by atoms with Gasteiger partial charge in [0.1, 0.15) is 5.60 Å². The Kier molecular flexibility index (Phi) is 4.17. The Morgan fingerprint density at radius 3 is 2.69 bits per heavy atom. The molecule has 0 aromatic rings. The molecule has 0 heterocycles. The zero-order valence-corrected chi connectivity index (χ0v) is 10.2. The summed E-state index contributed by atoms with van der Waals surface area (Å²) < 4.78 is 5.14. The smallest absolute Gasteiger partial charge is 0.407 e. The second kappa shape index (κ2) is 5.20. The first kappa shape index (κ1) is 12.8. The third kappa shape index (κ3) is 4.52. The van der Waals surface area contributed by atoms with E-state index in [1.54, 1.807) is 0 Å². The van der Waals surface area contributed by atoms with Crippen LogP contribution in [0.5, 0.6) is 0 Å². The molecule has 1 fully saturated rings. The summed E-state index contributed by atoms with van der Waals surface area (Å²) >= 11 is 0. The Balaban J connectivity index is 2.21. The summed E-state index contributed by atoms with van der Waals surface area (Å²) in [4.78, 5) is 14.9. The second-order valence-corrected chi connectivity index (χ2v) is 5.34. The molecular weight excluding hydrogens is 204 g/mol. The molecule has 0 bridgehead atoms. The molecule has 2 unspecified atom stereocenters. The molecule has 4 heteroatoms. The fourth-order valence-corrected chi connectivity index (χ4v) is 1.89. The van der Waals surface area contributed by atoms with Crippen molar-refractivity contribution in [1.29, 1.82) is 0 Å². The van der Waals surface area contributed by atoms with Crippen LogP contribution in [0.3, 0.4) is 0 Å². The Hall–Kier alpha value is -1.24. The number of hydrogen-bond acceptors (Lipinski definition) is 2. The molecule has 0 spiro atoms. The van der Waals surface area contributed by atoms with Gasteiger partial charge in [-0.3, -0.25) is 0 Å². The Morgan fingerprint density at radius 2 is 2.19 bits per heavy atom. The molecule has 1 amide bonds. The van der Waals surface area contributed by atoms with E-state index in [1.807, 2.05) is 20.8 Å². The van der Waals surface area contributed by atoms with Gasteiger partial charge in [-0.15, -0.1) is 0 Å². The van der Waals surface area contributed by atoms with Crippen LogP contribution in [0.1, 0.15) is 40.0 Å². The maximum Gasteiger partial charge on any atom is 0.407 e. The van der Waals surface area contributed by atoms with Crippen LogP contribution in [0.2, 0.25) is 0 Å². The first-order chi connectivity index (χ1) is 7.40. The van der Waals surface area contributed by atoms with E-state index in [4.69, 9.17) is 11.3 Å². The molecule has 1 saturated carbocycles. The molecule has 1 N–H and O–H groups in total. The summed E-state index contributed by atoms with van der Waals surface area (Å²) in [5, 5.41) is 2.76. The third-order valence-corrected chi connectivity index (χ3v) is 2.63. The van der Waals surface area contributed by atoms with E-state index in [0.29, 0.717) is 12.5 Å². The van der Waals surface area contributed by atoms with E-state index >= 15 is 0 Å². The van der Waals surface area contributed by atoms with Crippen LogP contribution >= 0.6 is 0 Å². The van der Waals surface area contributed by atoms with Crippen LogP contribution in [0.4, 0.5) is 4.79 Å². The Morgan fingerprint density at radius 1 is 1.50 bits per heavy atom. The van der Waals surface area contributed by atoms with Gasteiger partial charge in [0.05, 0.1) is 0 Å². The lowest BCUT2D eigenvalue weighted by Gasteiger charge is -2.20. The van der Waals surface area contributed by atoms with E-state index in [9.17, 15) is 4.79 Å². The highest BCUT2D eigenvalue weighted by molar-refractivity contribution is 5.67. The van der Waals surface area contributed by atoms with Crippen molar-refractivity contribution >= 4 is 6.09 Å². The van der Waals surface area contributed by atoms with E-state index in [1.165, 1.54) is 0 Å². The number of rotatable bonds is 2. The number of amides is 1. The Bertz CT molecular complexity index is 288. The van der Waals surface area contributed by atoms with E-state index in [-0.39, 0.29) is 12.1 Å². The highest BCUT2D eigenvalue weighted by Gasteiger charge is 2.29. The minimum Gasteiger partial charge on any atom is -0.444 e. The molecule has 1 aliphatic carbocycles. The molecule has 0 aliphatic heterocycles. The zero-order valence-electron chi connectivity index (χ0n) is 10.2. The molecule has 2 atom stereocenters. The van der Waals surface area contributed by atoms with E-state index in [2.05, 4.69) is 10.2 Å². The Labute approximate surface area is 97.2 Å². The first-order valence-corrected chi connectivity index (χ1v) is 5.74. The highest BCUT2D eigenvalue weighted by atomic mass is 16.6. The average molecular weight is 224 g/mol. The number of carbonyl (C=O) groups is 1. The van der Waals surface area contributed by atoms with E-state index in [0.717, 1.165) is 19.3 Å². The summed E-state index contributed by atoms with van der Waals surface area (Å²) in [6.45, 7) is 13.1. The molecule has 4 nitrogen and oxygen atoms in total. The van der Waals surface area contributed by atoms with Gasteiger partial charge in [0, 0.05) is 19.4 Å². The van der Waals surface area contributed by atoms with Crippen LogP contribution < -0.4 is 5.32 Å². The zero-order chi connectivity index (χ0) is 12.2. The number of alkyl carbamates (subject to hydrolysis) is 1. The van der Waals surface area contributed by atoms with Crippen molar-refractivity contribution in [2.75, 3.05) is 6.54 Å². The molecule has 1 rings (SSSR count). The van der Waals surface area contributed by atoms with Crippen LogP contribution in [0, 0.1) is 12.5 Å². The van der Waals surface area contributed by atoms with Crippen molar-refractivity contribution < 1.29 is 9.53 Å². The van der Waals surface area contributed by atoms with Gasteiger partial charge in [-0.2, -0.15) is 0 Å². The van der Waals surface area contributed by atoms with Crippen LogP contribution in [0.25, 0.3) is 4.85 Å². The van der Waals surface area contributed by atoms with Crippen molar-refractivity contribution in [1.82, 2.24) is 5.32 Å². The number of nitrogens with zero attached hydrogens (tertiary/aromatic N) is 1. The summed E-state index contributed by atoms with van der Waals surface area (Å²) in [5.41, 5.74) is -0.446. The molecule has 16 heavy (non-hydrogen) atoms. The standard InChI is InChI=1S/C12H20N2O2/c1-12(2,3)16-11(15)14-8-9-5-6-10(7-9)13-4/h9-10H,5-8H2,1-3H3,(H,14,15). The van der Waals surface area contributed by atoms with Crippen molar-refractivity contribution in [2.45, 2.75) is 51.7 Å². The minimum atomic E-state index is -0.446.